The minimum Gasteiger partial charge on any atom is -0.491 e. The van der Waals surface area contributed by atoms with Crippen LogP contribution in [0.3, 0.4) is 0 Å². The van der Waals surface area contributed by atoms with Crippen molar-refractivity contribution in [3.05, 3.63) is 29.8 Å². The van der Waals surface area contributed by atoms with Crippen molar-refractivity contribution in [1.82, 2.24) is 5.32 Å². The van der Waals surface area contributed by atoms with Crippen LogP contribution in [0.4, 0.5) is 0 Å². The van der Waals surface area contributed by atoms with Gasteiger partial charge in [-0.05, 0) is 37.1 Å². The van der Waals surface area contributed by atoms with E-state index in [2.05, 4.69) is 31.3 Å². The van der Waals surface area contributed by atoms with Crippen LogP contribution in [0, 0.1) is 0 Å². The summed E-state index contributed by atoms with van der Waals surface area (Å²) in [5.41, 5.74) is 1.30. The molecule has 0 aliphatic heterocycles. The third kappa shape index (κ3) is 7.51. The third-order valence-corrected chi connectivity index (χ3v) is 3.36. The van der Waals surface area contributed by atoms with E-state index in [-0.39, 0.29) is 0 Å². The van der Waals surface area contributed by atoms with Crippen molar-refractivity contribution in [3.8, 4) is 5.75 Å². The molecule has 0 aromatic heterocycles. The molecule has 0 amide bonds. The van der Waals surface area contributed by atoms with Crippen LogP contribution in [0.1, 0.15) is 45.1 Å². The first kappa shape index (κ1) is 17.0. The second-order valence-corrected chi connectivity index (χ2v) is 5.23. The average Bonchev–Trinajstić information content (AvgIpc) is 2.49. The van der Waals surface area contributed by atoms with Gasteiger partial charge in [0, 0.05) is 6.54 Å². The molecule has 114 valence electrons. The monoisotopic (exact) mass is 279 g/mol. The van der Waals surface area contributed by atoms with E-state index in [1.165, 1.54) is 31.2 Å². The van der Waals surface area contributed by atoms with E-state index in [1.54, 1.807) is 0 Å². The van der Waals surface area contributed by atoms with Gasteiger partial charge in [0.2, 0.25) is 0 Å². The molecular weight excluding hydrogens is 250 g/mol. The molecule has 0 aliphatic carbocycles. The smallest absolute Gasteiger partial charge is 0.119 e. The lowest BCUT2D eigenvalue weighted by molar-refractivity contribution is 0.106. The standard InChI is InChI=1S/C17H29NO2/c1-3-5-6-7-12-18-13-16(19)14-20-17-10-8-15(4-2)9-11-17/h8-11,16,18-19H,3-7,12-14H2,1-2H3. The van der Waals surface area contributed by atoms with Crippen molar-refractivity contribution in [2.75, 3.05) is 19.7 Å². The lowest BCUT2D eigenvalue weighted by atomic mass is 10.2. The molecule has 1 aromatic rings. The molecule has 0 bridgehead atoms. The lowest BCUT2D eigenvalue weighted by Gasteiger charge is -2.13. The van der Waals surface area contributed by atoms with Crippen molar-refractivity contribution in [2.45, 2.75) is 52.1 Å². The number of rotatable bonds is 11. The number of hydrogen-bond donors (Lipinski definition) is 2. The highest BCUT2D eigenvalue weighted by atomic mass is 16.5. The Morgan fingerprint density at radius 1 is 1.10 bits per heavy atom. The molecule has 1 unspecified atom stereocenters. The number of aliphatic hydroxyl groups excluding tert-OH is 1. The molecular formula is C17H29NO2. The van der Waals surface area contributed by atoms with Gasteiger partial charge >= 0.3 is 0 Å². The van der Waals surface area contributed by atoms with Gasteiger partial charge in [-0.1, -0.05) is 45.2 Å². The molecule has 0 aliphatic rings. The Bertz CT molecular complexity index is 337. The molecule has 0 radical (unpaired) electrons. The lowest BCUT2D eigenvalue weighted by Crippen LogP contribution is -2.32. The van der Waals surface area contributed by atoms with Crippen molar-refractivity contribution >= 4 is 0 Å². The van der Waals surface area contributed by atoms with E-state index < -0.39 is 6.10 Å². The molecule has 0 fully saturated rings. The Hall–Kier alpha value is -1.06. The zero-order valence-electron chi connectivity index (χ0n) is 12.9. The summed E-state index contributed by atoms with van der Waals surface area (Å²) in [5.74, 6) is 0.823. The van der Waals surface area contributed by atoms with Crippen molar-refractivity contribution in [3.63, 3.8) is 0 Å². The predicted octanol–water partition coefficient (Wildman–Crippen LogP) is 3.16. The SMILES string of the molecule is CCCCCCNCC(O)COc1ccc(CC)cc1. The van der Waals surface area contributed by atoms with E-state index in [9.17, 15) is 5.11 Å². The number of unbranched alkanes of at least 4 members (excludes halogenated alkanes) is 3. The molecule has 0 heterocycles. The summed E-state index contributed by atoms with van der Waals surface area (Å²) >= 11 is 0. The molecule has 0 saturated heterocycles. The van der Waals surface area contributed by atoms with Crippen LogP contribution in [0.25, 0.3) is 0 Å². The van der Waals surface area contributed by atoms with Gasteiger partial charge in [0.1, 0.15) is 18.5 Å². The molecule has 1 aromatic carbocycles. The van der Waals surface area contributed by atoms with Crippen LogP contribution in [0.5, 0.6) is 5.75 Å². The van der Waals surface area contributed by atoms with Gasteiger partial charge in [0.05, 0.1) is 0 Å². The van der Waals surface area contributed by atoms with Gasteiger partial charge in [-0.25, -0.2) is 0 Å². The quantitative estimate of drug-likeness (QED) is 0.611. The average molecular weight is 279 g/mol. The van der Waals surface area contributed by atoms with Crippen molar-refractivity contribution < 1.29 is 9.84 Å². The molecule has 1 rings (SSSR count). The summed E-state index contributed by atoms with van der Waals surface area (Å²) in [5, 5.41) is 13.1. The highest BCUT2D eigenvalue weighted by Gasteiger charge is 2.04. The van der Waals surface area contributed by atoms with Crippen molar-refractivity contribution in [2.24, 2.45) is 0 Å². The maximum Gasteiger partial charge on any atom is 0.119 e. The van der Waals surface area contributed by atoms with Crippen LogP contribution in [0.15, 0.2) is 24.3 Å². The highest BCUT2D eigenvalue weighted by Crippen LogP contribution is 2.12. The molecule has 0 spiro atoms. The fourth-order valence-electron chi connectivity index (χ4n) is 2.02. The molecule has 3 heteroatoms. The minimum atomic E-state index is -0.452. The molecule has 2 N–H and O–H groups in total. The molecule has 0 saturated carbocycles. The zero-order chi connectivity index (χ0) is 14.6. The number of aryl methyl sites for hydroxylation is 1. The molecule has 1 atom stereocenters. The van der Waals surface area contributed by atoms with Crippen LogP contribution >= 0.6 is 0 Å². The maximum absolute atomic E-state index is 9.83. The number of ether oxygens (including phenoxy) is 1. The maximum atomic E-state index is 9.83. The summed E-state index contributed by atoms with van der Waals surface area (Å²) < 4.78 is 5.57. The molecule has 20 heavy (non-hydrogen) atoms. The second kappa shape index (κ2) is 10.7. The Morgan fingerprint density at radius 3 is 2.50 bits per heavy atom. The van der Waals surface area contributed by atoms with Crippen LogP contribution in [-0.4, -0.2) is 30.9 Å². The van der Waals surface area contributed by atoms with E-state index in [0.717, 1.165) is 18.7 Å². The third-order valence-electron chi connectivity index (χ3n) is 3.36. The summed E-state index contributed by atoms with van der Waals surface area (Å²) in [6.07, 6.45) is 5.57. The van der Waals surface area contributed by atoms with Gasteiger partial charge in [-0.2, -0.15) is 0 Å². The number of hydrogen-bond acceptors (Lipinski definition) is 3. The van der Waals surface area contributed by atoms with Gasteiger partial charge in [-0.15, -0.1) is 0 Å². The van der Waals surface area contributed by atoms with Gasteiger partial charge in [-0.3, -0.25) is 0 Å². The second-order valence-electron chi connectivity index (χ2n) is 5.23. The van der Waals surface area contributed by atoms with Gasteiger partial charge < -0.3 is 15.2 Å². The Kier molecular flexibility index (Phi) is 9.09. The van der Waals surface area contributed by atoms with E-state index in [4.69, 9.17) is 4.74 Å². The van der Waals surface area contributed by atoms with Gasteiger partial charge in [0.15, 0.2) is 0 Å². The fourth-order valence-corrected chi connectivity index (χ4v) is 2.02. The van der Waals surface area contributed by atoms with Crippen LogP contribution in [0.2, 0.25) is 0 Å². The zero-order valence-corrected chi connectivity index (χ0v) is 12.9. The first-order valence-electron chi connectivity index (χ1n) is 7.86. The number of nitrogens with one attached hydrogen (secondary N) is 1. The Balaban J connectivity index is 2.08. The van der Waals surface area contributed by atoms with E-state index in [0.29, 0.717) is 13.2 Å². The fraction of sp³-hybridized carbons (Fsp3) is 0.647. The number of aliphatic hydroxyl groups is 1. The first-order valence-corrected chi connectivity index (χ1v) is 7.86. The Morgan fingerprint density at radius 2 is 1.85 bits per heavy atom. The highest BCUT2D eigenvalue weighted by molar-refractivity contribution is 5.27. The first-order chi connectivity index (χ1) is 9.76. The van der Waals surface area contributed by atoms with E-state index >= 15 is 0 Å². The molecule has 3 nitrogen and oxygen atoms in total. The largest absolute Gasteiger partial charge is 0.491 e. The van der Waals surface area contributed by atoms with Gasteiger partial charge in [0.25, 0.3) is 0 Å². The van der Waals surface area contributed by atoms with E-state index in [1.807, 2.05) is 12.1 Å². The number of benzene rings is 1. The van der Waals surface area contributed by atoms with Crippen LogP contribution < -0.4 is 10.1 Å². The summed E-state index contributed by atoms with van der Waals surface area (Å²) in [4.78, 5) is 0. The predicted molar refractivity (Wildman–Crippen MR) is 84.3 cm³/mol. The Labute approximate surface area is 123 Å². The van der Waals surface area contributed by atoms with Crippen LogP contribution in [-0.2, 0) is 6.42 Å². The normalized spacial score (nSPS) is 12.3. The summed E-state index contributed by atoms with van der Waals surface area (Å²) in [6.45, 7) is 6.25. The summed E-state index contributed by atoms with van der Waals surface area (Å²) in [6, 6.07) is 8.05. The topological polar surface area (TPSA) is 41.5 Å². The van der Waals surface area contributed by atoms with Crippen molar-refractivity contribution in [1.29, 1.82) is 0 Å². The summed E-state index contributed by atoms with van der Waals surface area (Å²) in [7, 11) is 0. The minimum absolute atomic E-state index is 0.341.